The monoisotopic (exact) mass is 382 g/mol. The minimum absolute atomic E-state index is 0.783. The van der Waals surface area contributed by atoms with E-state index in [4.69, 9.17) is 0 Å². The van der Waals surface area contributed by atoms with E-state index in [1.807, 2.05) is 11.8 Å². The Morgan fingerprint density at radius 3 is 2.11 bits per heavy atom. The Bertz CT molecular complexity index is 625. The number of rotatable bonds is 11. The van der Waals surface area contributed by atoms with Crippen LogP contribution in [0.5, 0.6) is 0 Å². The molecular weight excluding hydrogens is 348 g/mol. The highest BCUT2D eigenvalue weighted by Gasteiger charge is 2.22. The van der Waals surface area contributed by atoms with Crippen molar-refractivity contribution in [2.45, 2.75) is 44.0 Å². The van der Waals surface area contributed by atoms with Crippen LogP contribution in [0.1, 0.15) is 36.8 Å². The van der Waals surface area contributed by atoms with Gasteiger partial charge in [0, 0.05) is 43.7 Å². The van der Waals surface area contributed by atoms with Crippen molar-refractivity contribution >= 4 is 11.8 Å². The van der Waals surface area contributed by atoms with Gasteiger partial charge in [0.2, 0.25) is 0 Å². The molecule has 3 heteroatoms. The fourth-order valence-electron chi connectivity index (χ4n) is 3.87. The molecule has 0 bridgehead atoms. The van der Waals surface area contributed by atoms with Crippen LogP contribution in [0.15, 0.2) is 60.7 Å². The molecule has 3 rings (SSSR count). The van der Waals surface area contributed by atoms with Gasteiger partial charge in [-0.25, -0.2) is 0 Å². The van der Waals surface area contributed by atoms with Gasteiger partial charge < -0.3 is 4.90 Å². The Labute approximate surface area is 170 Å². The molecule has 0 radical (unpaired) electrons. The van der Waals surface area contributed by atoms with Crippen molar-refractivity contribution < 1.29 is 0 Å². The van der Waals surface area contributed by atoms with Crippen molar-refractivity contribution in [3.05, 3.63) is 71.8 Å². The summed E-state index contributed by atoms with van der Waals surface area (Å²) in [4.78, 5) is 5.24. The Balaban J connectivity index is 1.39. The molecule has 0 amide bonds. The van der Waals surface area contributed by atoms with E-state index in [-0.39, 0.29) is 0 Å². The van der Waals surface area contributed by atoms with E-state index < -0.39 is 0 Å². The lowest BCUT2D eigenvalue weighted by molar-refractivity contribution is 0.166. The zero-order chi connectivity index (χ0) is 18.7. The fraction of sp³-hybridized carbons (Fsp3) is 0.500. The molecule has 0 saturated heterocycles. The van der Waals surface area contributed by atoms with Gasteiger partial charge in [-0.1, -0.05) is 73.5 Å². The number of thioether (sulfide) groups is 1. The predicted octanol–water partition coefficient (Wildman–Crippen LogP) is 5.30. The zero-order valence-electron chi connectivity index (χ0n) is 16.7. The maximum absolute atomic E-state index is 2.73. The summed E-state index contributed by atoms with van der Waals surface area (Å²) < 4.78 is 0. The molecule has 0 aromatic heterocycles. The third-order valence-corrected chi connectivity index (χ3v) is 6.58. The van der Waals surface area contributed by atoms with Crippen LogP contribution < -0.4 is 0 Å². The molecule has 146 valence electrons. The van der Waals surface area contributed by atoms with Crippen LogP contribution in [0.4, 0.5) is 0 Å². The van der Waals surface area contributed by atoms with Crippen molar-refractivity contribution in [3.63, 3.8) is 0 Å². The van der Waals surface area contributed by atoms with E-state index in [1.54, 1.807) is 0 Å². The first-order valence-electron chi connectivity index (χ1n) is 10.4. The highest BCUT2D eigenvalue weighted by Crippen LogP contribution is 2.24. The lowest BCUT2D eigenvalue weighted by Gasteiger charge is -2.30. The van der Waals surface area contributed by atoms with Crippen molar-refractivity contribution in [2.24, 2.45) is 0 Å². The van der Waals surface area contributed by atoms with E-state index in [0.717, 1.165) is 24.9 Å². The quantitative estimate of drug-likeness (QED) is 0.487. The second-order valence-corrected chi connectivity index (χ2v) is 8.84. The molecule has 2 aromatic rings. The lowest BCUT2D eigenvalue weighted by Crippen LogP contribution is -2.39. The maximum Gasteiger partial charge on any atom is 0.0237 e. The van der Waals surface area contributed by atoms with Crippen LogP contribution in [0.25, 0.3) is 0 Å². The second kappa shape index (κ2) is 11.5. The number of benzene rings is 2. The van der Waals surface area contributed by atoms with Gasteiger partial charge in [-0.3, -0.25) is 4.90 Å². The van der Waals surface area contributed by atoms with Crippen LogP contribution >= 0.6 is 11.8 Å². The highest BCUT2D eigenvalue weighted by molar-refractivity contribution is 7.98. The van der Waals surface area contributed by atoms with E-state index in [9.17, 15) is 0 Å². The highest BCUT2D eigenvalue weighted by atomic mass is 32.2. The van der Waals surface area contributed by atoms with E-state index in [2.05, 4.69) is 77.5 Å². The molecule has 1 aliphatic rings. The van der Waals surface area contributed by atoms with Gasteiger partial charge in [0.1, 0.15) is 0 Å². The summed E-state index contributed by atoms with van der Waals surface area (Å²) in [6.45, 7) is 4.61. The van der Waals surface area contributed by atoms with Crippen molar-refractivity contribution in [2.75, 3.05) is 32.4 Å². The summed E-state index contributed by atoms with van der Waals surface area (Å²) >= 11 is 2.04. The summed E-state index contributed by atoms with van der Waals surface area (Å²) in [5.74, 6) is 2.32. The molecule has 0 heterocycles. The molecule has 2 nitrogen and oxygen atoms in total. The summed E-state index contributed by atoms with van der Waals surface area (Å²) in [5.41, 5.74) is 2.88. The normalized spacial score (nSPS) is 15.1. The average molecular weight is 383 g/mol. The van der Waals surface area contributed by atoms with E-state index in [1.165, 1.54) is 55.7 Å². The minimum atomic E-state index is 0.783. The average Bonchev–Trinajstić information content (AvgIpc) is 3.25. The molecule has 0 N–H and O–H groups in total. The van der Waals surface area contributed by atoms with E-state index in [0.29, 0.717) is 0 Å². The Morgan fingerprint density at radius 1 is 0.815 bits per heavy atom. The first-order chi connectivity index (χ1) is 13.3. The zero-order valence-corrected chi connectivity index (χ0v) is 17.5. The molecular formula is C24H34N2S. The molecule has 1 aliphatic carbocycles. The van der Waals surface area contributed by atoms with Crippen LogP contribution in [0, 0.1) is 0 Å². The standard InChI is InChI=1S/C24H34N2S/c1-25(18-19-27-21-23-12-6-3-7-13-23)16-17-26(24-14-8-9-15-24)20-22-10-4-2-5-11-22/h2-7,10-13,24H,8-9,14-21H2,1H3. The van der Waals surface area contributed by atoms with Gasteiger partial charge in [-0.15, -0.1) is 0 Å². The lowest BCUT2D eigenvalue weighted by atomic mass is 10.1. The van der Waals surface area contributed by atoms with Gasteiger partial charge in [0.05, 0.1) is 0 Å². The first-order valence-corrected chi connectivity index (χ1v) is 11.5. The van der Waals surface area contributed by atoms with Crippen LogP contribution in [0.2, 0.25) is 0 Å². The fourth-order valence-corrected chi connectivity index (χ4v) is 4.89. The van der Waals surface area contributed by atoms with Gasteiger partial charge in [0.25, 0.3) is 0 Å². The maximum atomic E-state index is 2.73. The van der Waals surface area contributed by atoms with Crippen LogP contribution in [-0.2, 0) is 12.3 Å². The Morgan fingerprint density at radius 2 is 1.44 bits per heavy atom. The number of hydrogen-bond acceptors (Lipinski definition) is 3. The number of nitrogens with zero attached hydrogens (tertiary/aromatic N) is 2. The van der Waals surface area contributed by atoms with Crippen molar-refractivity contribution in [1.82, 2.24) is 9.80 Å². The summed E-state index contributed by atoms with van der Waals surface area (Å²) in [6.07, 6.45) is 5.57. The predicted molar refractivity (Wildman–Crippen MR) is 119 cm³/mol. The topological polar surface area (TPSA) is 6.48 Å². The van der Waals surface area contributed by atoms with Crippen LogP contribution in [0.3, 0.4) is 0 Å². The minimum Gasteiger partial charge on any atom is -0.304 e. The number of likely N-dealkylation sites (N-methyl/N-ethyl adjacent to an activating group) is 1. The summed E-state index contributed by atoms with van der Waals surface area (Å²) in [5, 5.41) is 0. The Kier molecular flexibility index (Phi) is 8.73. The van der Waals surface area contributed by atoms with Crippen LogP contribution in [-0.4, -0.2) is 48.3 Å². The largest absolute Gasteiger partial charge is 0.304 e. The molecule has 0 spiro atoms. The molecule has 1 fully saturated rings. The first kappa shape index (κ1) is 20.4. The SMILES string of the molecule is CN(CCSCc1ccccc1)CCN(Cc1ccccc1)C1CCCC1. The second-order valence-electron chi connectivity index (χ2n) is 7.74. The smallest absolute Gasteiger partial charge is 0.0237 e. The molecule has 27 heavy (non-hydrogen) atoms. The van der Waals surface area contributed by atoms with Crippen molar-refractivity contribution in [1.29, 1.82) is 0 Å². The van der Waals surface area contributed by atoms with Gasteiger partial charge in [-0.05, 0) is 31.0 Å². The third-order valence-electron chi connectivity index (χ3n) is 5.57. The Hall–Kier alpha value is -1.29. The van der Waals surface area contributed by atoms with Gasteiger partial charge in [-0.2, -0.15) is 11.8 Å². The number of hydrogen-bond donors (Lipinski definition) is 0. The van der Waals surface area contributed by atoms with Gasteiger partial charge in [0.15, 0.2) is 0 Å². The van der Waals surface area contributed by atoms with E-state index >= 15 is 0 Å². The molecule has 0 unspecified atom stereocenters. The van der Waals surface area contributed by atoms with Gasteiger partial charge >= 0.3 is 0 Å². The summed E-state index contributed by atoms with van der Waals surface area (Å²) in [7, 11) is 2.28. The van der Waals surface area contributed by atoms with Crippen molar-refractivity contribution in [3.8, 4) is 0 Å². The summed E-state index contributed by atoms with van der Waals surface area (Å²) in [6, 6.07) is 22.6. The molecule has 0 aliphatic heterocycles. The molecule has 0 atom stereocenters. The molecule has 1 saturated carbocycles. The third kappa shape index (κ3) is 7.33. The molecule has 2 aromatic carbocycles.